The molecule has 0 aromatic carbocycles. The largest absolute Gasteiger partial charge is 0.458 e. The van der Waals surface area contributed by atoms with Crippen LogP contribution in [0, 0.1) is 5.92 Å². The van der Waals surface area contributed by atoms with E-state index in [1.54, 1.807) is 18.2 Å². The number of ether oxygens (including phenoxy) is 1. The van der Waals surface area contributed by atoms with Crippen molar-refractivity contribution in [2.24, 2.45) is 5.92 Å². The van der Waals surface area contributed by atoms with Crippen molar-refractivity contribution in [3.05, 3.63) is 29.0 Å². The van der Waals surface area contributed by atoms with Crippen molar-refractivity contribution >= 4 is 17.6 Å². The van der Waals surface area contributed by atoms with Crippen LogP contribution >= 0.6 is 11.6 Å². The summed E-state index contributed by atoms with van der Waals surface area (Å²) in [5, 5.41) is 0.316. The van der Waals surface area contributed by atoms with Crippen LogP contribution in [0.3, 0.4) is 0 Å². The van der Waals surface area contributed by atoms with E-state index in [0.717, 1.165) is 19.3 Å². The van der Waals surface area contributed by atoms with E-state index in [1.807, 2.05) is 0 Å². The Kier molecular flexibility index (Phi) is 4.00. The van der Waals surface area contributed by atoms with Crippen molar-refractivity contribution in [1.29, 1.82) is 0 Å². The summed E-state index contributed by atoms with van der Waals surface area (Å²) >= 11 is 5.74. The first-order valence-corrected chi connectivity index (χ1v) is 6.36. The molecule has 0 amide bonds. The van der Waals surface area contributed by atoms with E-state index < -0.39 is 0 Å². The van der Waals surface area contributed by atoms with Crippen molar-refractivity contribution in [2.75, 3.05) is 0 Å². The molecule has 0 spiro atoms. The van der Waals surface area contributed by atoms with Crippen LogP contribution in [-0.2, 0) is 4.74 Å². The summed E-state index contributed by atoms with van der Waals surface area (Å²) in [5.74, 6) is 0.264. The third kappa shape index (κ3) is 3.43. The Bertz CT molecular complexity index is 408. The molecule has 2 rings (SSSR count). The van der Waals surface area contributed by atoms with Gasteiger partial charge in [-0.05, 0) is 37.3 Å². The minimum atomic E-state index is -0.369. The highest BCUT2D eigenvalue weighted by atomic mass is 35.5. The van der Waals surface area contributed by atoms with Crippen LogP contribution in [0.5, 0.6) is 0 Å². The number of aromatic nitrogens is 1. The Labute approximate surface area is 106 Å². The topological polar surface area (TPSA) is 39.2 Å². The Hall–Kier alpha value is -1.09. The lowest BCUT2D eigenvalue weighted by Crippen LogP contribution is -2.24. The van der Waals surface area contributed by atoms with Crippen LogP contribution in [0.15, 0.2) is 18.2 Å². The molecule has 17 heavy (non-hydrogen) atoms. The van der Waals surface area contributed by atoms with Gasteiger partial charge in [0.2, 0.25) is 0 Å². The van der Waals surface area contributed by atoms with Crippen molar-refractivity contribution < 1.29 is 9.53 Å². The molecule has 1 aliphatic carbocycles. The number of hydrogen-bond acceptors (Lipinski definition) is 3. The molecule has 0 bridgehead atoms. The zero-order chi connectivity index (χ0) is 12.3. The molecule has 1 aromatic heterocycles. The zero-order valence-corrected chi connectivity index (χ0v) is 10.6. The van der Waals surface area contributed by atoms with E-state index in [-0.39, 0.29) is 17.8 Å². The maximum absolute atomic E-state index is 11.8. The van der Waals surface area contributed by atoms with Gasteiger partial charge in [-0.25, -0.2) is 9.78 Å². The van der Waals surface area contributed by atoms with Crippen LogP contribution in [-0.4, -0.2) is 17.1 Å². The van der Waals surface area contributed by atoms with Crippen LogP contribution in [0.25, 0.3) is 0 Å². The van der Waals surface area contributed by atoms with Crippen molar-refractivity contribution in [3.63, 3.8) is 0 Å². The molecule has 2 atom stereocenters. The van der Waals surface area contributed by atoms with Crippen LogP contribution in [0.2, 0.25) is 5.15 Å². The normalized spacial score (nSPS) is 24.4. The smallest absolute Gasteiger partial charge is 0.357 e. The number of pyridine rings is 1. The van der Waals surface area contributed by atoms with Gasteiger partial charge >= 0.3 is 5.97 Å². The fraction of sp³-hybridized carbons (Fsp3) is 0.538. The van der Waals surface area contributed by atoms with Gasteiger partial charge in [0.15, 0.2) is 0 Å². The van der Waals surface area contributed by atoms with Crippen molar-refractivity contribution in [3.8, 4) is 0 Å². The van der Waals surface area contributed by atoms with E-state index >= 15 is 0 Å². The number of halogens is 1. The minimum absolute atomic E-state index is 0.0343. The standard InChI is InChI=1S/C13H16ClNO2/c1-9-4-2-5-10(8-9)17-13(16)11-6-3-7-12(14)15-11/h3,6-7,9-10H,2,4-5,8H2,1H3. The molecule has 92 valence electrons. The van der Waals surface area contributed by atoms with Gasteiger partial charge in [0.1, 0.15) is 17.0 Å². The van der Waals surface area contributed by atoms with Gasteiger partial charge < -0.3 is 4.74 Å². The third-order valence-electron chi connectivity index (χ3n) is 3.09. The van der Waals surface area contributed by atoms with E-state index in [9.17, 15) is 4.79 Å². The molecule has 1 saturated carbocycles. The molecule has 0 aliphatic heterocycles. The second-order valence-electron chi connectivity index (χ2n) is 4.64. The number of carbonyl (C=O) groups excluding carboxylic acids is 1. The summed E-state index contributed by atoms with van der Waals surface area (Å²) in [6, 6.07) is 4.97. The maximum atomic E-state index is 11.8. The maximum Gasteiger partial charge on any atom is 0.357 e. The van der Waals surface area contributed by atoms with Gasteiger partial charge in [-0.2, -0.15) is 0 Å². The van der Waals surface area contributed by atoms with Gasteiger partial charge in [-0.3, -0.25) is 0 Å². The monoisotopic (exact) mass is 253 g/mol. The Morgan fingerprint density at radius 2 is 2.29 bits per heavy atom. The Balaban J connectivity index is 1.97. The Morgan fingerprint density at radius 3 is 3.00 bits per heavy atom. The molecule has 4 heteroatoms. The molecule has 1 aromatic rings. The quantitative estimate of drug-likeness (QED) is 0.598. The molecule has 0 saturated heterocycles. The van der Waals surface area contributed by atoms with Gasteiger partial charge in [0, 0.05) is 0 Å². The summed E-state index contributed by atoms with van der Waals surface area (Å²) < 4.78 is 5.44. The predicted octanol–water partition coefficient (Wildman–Crippen LogP) is 3.47. The fourth-order valence-corrected chi connectivity index (χ4v) is 2.38. The van der Waals surface area contributed by atoms with E-state index in [2.05, 4.69) is 11.9 Å². The second kappa shape index (κ2) is 5.50. The summed E-state index contributed by atoms with van der Waals surface area (Å²) in [4.78, 5) is 15.8. The lowest BCUT2D eigenvalue weighted by molar-refractivity contribution is 0.0149. The van der Waals surface area contributed by atoms with Gasteiger partial charge in [0.05, 0.1) is 0 Å². The SMILES string of the molecule is CC1CCCC(OC(=O)c2cccc(Cl)n2)C1. The first-order valence-electron chi connectivity index (χ1n) is 5.98. The van der Waals surface area contributed by atoms with Crippen molar-refractivity contribution in [1.82, 2.24) is 4.98 Å². The molecular formula is C13H16ClNO2. The molecule has 1 heterocycles. The number of nitrogens with zero attached hydrogens (tertiary/aromatic N) is 1. The van der Waals surface area contributed by atoms with Crippen LogP contribution in [0.1, 0.15) is 43.1 Å². The highest BCUT2D eigenvalue weighted by Gasteiger charge is 2.23. The fourth-order valence-electron chi connectivity index (χ4n) is 2.22. The summed E-state index contributed by atoms with van der Waals surface area (Å²) in [7, 11) is 0. The molecule has 2 unspecified atom stereocenters. The highest BCUT2D eigenvalue weighted by molar-refractivity contribution is 6.29. The van der Waals surface area contributed by atoms with E-state index in [1.165, 1.54) is 6.42 Å². The average molecular weight is 254 g/mol. The average Bonchev–Trinajstić information content (AvgIpc) is 2.29. The van der Waals surface area contributed by atoms with Gasteiger partial charge in [0.25, 0.3) is 0 Å². The van der Waals surface area contributed by atoms with Crippen LogP contribution in [0.4, 0.5) is 0 Å². The molecule has 3 nitrogen and oxygen atoms in total. The number of carbonyl (C=O) groups is 1. The molecule has 0 N–H and O–H groups in total. The lowest BCUT2D eigenvalue weighted by atomic mass is 9.89. The molecular weight excluding hydrogens is 238 g/mol. The van der Waals surface area contributed by atoms with Crippen molar-refractivity contribution in [2.45, 2.75) is 38.7 Å². The second-order valence-corrected chi connectivity index (χ2v) is 5.03. The third-order valence-corrected chi connectivity index (χ3v) is 3.30. The molecule has 1 aliphatic rings. The molecule has 0 radical (unpaired) electrons. The van der Waals surface area contributed by atoms with E-state index in [4.69, 9.17) is 16.3 Å². The van der Waals surface area contributed by atoms with E-state index in [0.29, 0.717) is 11.1 Å². The van der Waals surface area contributed by atoms with Gasteiger partial charge in [-0.15, -0.1) is 0 Å². The highest BCUT2D eigenvalue weighted by Crippen LogP contribution is 2.26. The molecule has 1 fully saturated rings. The Morgan fingerprint density at radius 1 is 1.47 bits per heavy atom. The number of esters is 1. The number of hydrogen-bond donors (Lipinski definition) is 0. The van der Waals surface area contributed by atoms with Crippen LogP contribution < -0.4 is 0 Å². The summed E-state index contributed by atoms with van der Waals surface area (Å²) in [5.41, 5.74) is 0.288. The van der Waals surface area contributed by atoms with Gasteiger partial charge in [-0.1, -0.05) is 31.0 Å². The summed E-state index contributed by atoms with van der Waals surface area (Å²) in [6.45, 7) is 2.19. The lowest BCUT2D eigenvalue weighted by Gasteiger charge is -2.26. The first-order chi connectivity index (χ1) is 8.15. The minimum Gasteiger partial charge on any atom is -0.458 e. The predicted molar refractivity (Wildman–Crippen MR) is 66.1 cm³/mol. The summed E-state index contributed by atoms with van der Waals surface area (Å²) in [6.07, 6.45) is 4.29. The first kappa shape index (κ1) is 12.4. The number of rotatable bonds is 2. The zero-order valence-electron chi connectivity index (χ0n) is 9.86.